The molecule has 2 aromatic rings. The van der Waals surface area contributed by atoms with E-state index in [9.17, 15) is 0 Å². The molecule has 4 heteroatoms. The Morgan fingerprint density at radius 2 is 2.07 bits per heavy atom. The summed E-state index contributed by atoms with van der Waals surface area (Å²) >= 11 is 1.61. The lowest BCUT2D eigenvalue weighted by molar-refractivity contribution is 0.309. The zero-order valence-corrected chi connectivity index (χ0v) is 9.25. The highest BCUT2D eigenvalue weighted by Crippen LogP contribution is 2.18. The Bertz CT molecular complexity index is 436. The molecule has 0 aliphatic carbocycles. The number of aryl methyl sites for hydroxylation is 1. The van der Waals surface area contributed by atoms with E-state index in [1.54, 1.807) is 11.3 Å². The number of benzene rings is 1. The molecule has 0 atom stereocenters. The summed E-state index contributed by atoms with van der Waals surface area (Å²) in [5, 5.41) is 0. The summed E-state index contributed by atoms with van der Waals surface area (Å²) in [5.41, 5.74) is 9.19. The number of aromatic nitrogens is 1. The molecule has 15 heavy (non-hydrogen) atoms. The first-order chi connectivity index (χ1) is 7.25. The van der Waals surface area contributed by atoms with Crippen LogP contribution in [-0.4, -0.2) is 4.98 Å². The molecule has 1 heterocycles. The molecule has 3 nitrogen and oxygen atoms in total. The van der Waals surface area contributed by atoms with Crippen molar-refractivity contribution in [1.29, 1.82) is 0 Å². The Kier molecular flexibility index (Phi) is 2.87. The van der Waals surface area contributed by atoms with Crippen LogP contribution in [0, 0.1) is 6.92 Å². The molecule has 0 saturated carbocycles. The number of thiazole rings is 1. The number of nitrogens with zero attached hydrogens (tertiary/aromatic N) is 1. The zero-order chi connectivity index (χ0) is 10.7. The molecule has 0 aliphatic heterocycles. The summed E-state index contributed by atoms with van der Waals surface area (Å²) in [6, 6.07) is 7.39. The van der Waals surface area contributed by atoms with Crippen molar-refractivity contribution in [3.8, 4) is 5.75 Å². The molecule has 2 N–H and O–H groups in total. The van der Waals surface area contributed by atoms with Gasteiger partial charge in [0.15, 0.2) is 0 Å². The summed E-state index contributed by atoms with van der Waals surface area (Å²) < 4.78 is 5.60. The lowest BCUT2D eigenvalue weighted by atomic mass is 10.3. The van der Waals surface area contributed by atoms with Gasteiger partial charge < -0.3 is 10.5 Å². The van der Waals surface area contributed by atoms with Gasteiger partial charge in [-0.05, 0) is 31.2 Å². The van der Waals surface area contributed by atoms with E-state index < -0.39 is 0 Å². The lowest BCUT2D eigenvalue weighted by Gasteiger charge is -2.04. The van der Waals surface area contributed by atoms with Gasteiger partial charge in [0, 0.05) is 5.69 Å². The van der Waals surface area contributed by atoms with Gasteiger partial charge in [-0.15, -0.1) is 11.3 Å². The highest BCUT2D eigenvalue weighted by Gasteiger charge is 2.01. The average Bonchev–Trinajstić information content (AvgIpc) is 2.63. The second-order valence-corrected chi connectivity index (χ2v) is 4.16. The molecule has 1 aromatic heterocycles. The third kappa shape index (κ3) is 2.47. The van der Waals surface area contributed by atoms with E-state index in [1.165, 1.54) is 0 Å². The van der Waals surface area contributed by atoms with Gasteiger partial charge in [0.2, 0.25) is 0 Å². The maximum atomic E-state index is 5.60. The Morgan fingerprint density at radius 3 is 2.67 bits per heavy atom. The van der Waals surface area contributed by atoms with Crippen molar-refractivity contribution in [2.45, 2.75) is 13.5 Å². The average molecular weight is 220 g/mol. The quantitative estimate of drug-likeness (QED) is 0.809. The van der Waals surface area contributed by atoms with Crippen LogP contribution >= 0.6 is 11.3 Å². The first-order valence-electron chi connectivity index (χ1n) is 4.63. The summed E-state index contributed by atoms with van der Waals surface area (Å²) in [6.07, 6.45) is 0. The van der Waals surface area contributed by atoms with E-state index in [-0.39, 0.29) is 0 Å². The van der Waals surface area contributed by atoms with E-state index >= 15 is 0 Å². The fraction of sp³-hybridized carbons (Fsp3) is 0.182. The number of hydrogen-bond donors (Lipinski definition) is 1. The standard InChI is InChI=1S/C11H12N2OS/c1-8-11(15-7-13-8)6-14-10-4-2-9(12)3-5-10/h2-5,7H,6,12H2,1H3. The van der Waals surface area contributed by atoms with Crippen LogP contribution in [0.4, 0.5) is 5.69 Å². The van der Waals surface area contributed by atoms with Crippen LogP contribution in [-0.2, 0) is 6.61 Å². The van der Waals surface area contributed by atoms with Crippen molar-refractivity contribution in [3.63, 3.8) is 0 Å². The molecule has 78 valence electrons. The molecule has 0 unspecified atom stereocenters. The second kappa shape index (κ2) is 4.31. The minimum absolute atomic E-state index is 0.570. The van der Waals surface area contributed by atoms with E-state index in [4.69, 9.17) is 10.5 Å². The minimum atomic E-state index is 0.570. The molecule has 2 rings (SSSR count). The van der Waals surface area contributed by atoms with Crippen LogP contribution in [0.25, 0.3) is 0 Å². The van der Waals surface area contributed by atoms with E-state index in [0.717, 1.165) is 22.0 Å². The van der Waals surface area contributed by atoms with Gasteiger partial charge in [0.1, 0.15) is 12.4 Å². The molecule has 0 radical (unpaired) electrons. The van der Waals surface area contributed by atoms with E-state index in [0.29, 0.717) is 6.61 Å². The maximum absolute atomic E-state index is 5.60. The fourth-order valence-electron chi connectivity index (χ4n) is 1.18. The van der Waals surface area contributed by atoms with Crippen molar-refractivity contribution in [2.24, 2.45) is 0 Å². The van der Waals surface area contributed by atoms with Gasteiger partial charge in [-0.2, -0.15) is 0 Å². The van der Waals surface area contributed by atoms with Crippen LogP contribution in [0.1, 0.15) is 10.6 Å². The van der Waals surface area contributed by atoms with Crippen LogP contribution in [0.3, 0.4) is 0 Å². The number of nitrogens with two attached hydrogens (primary N) is 1. The van der Waals surface area contributed by atoms with Crippen molar-refractivity contribution >= 4 is 17.0 Å². The Balaban J connectivity index is 1.99. The normalized spacial score (nSPS) is 10.2. The Hall–Kier alpha value is -1.55. The van der Waals surface area contributed by atoms with E-state index in [2.05, 4.69) is 4.98 Å². The van der Waals surface area contributed by atoms with Crippen molar-refractivity contribution in [3.05, 3.63) is 40.3 Å². The van der Waals surface area contributed by atoms with Gasteiger partial charge >= 0.3 is 0 Å². The predicted octanol–water partition coefficient (Wildman–Crippen LogP) is 2.61. The number of hydrogen-bond acceptors (Lipinski definition) is 4. The van der Waals surface area contributed by atoms with Gasteiger partial charge in [0.05, 0.1) is 16.1 Å². The van der Waals surface area contributed by atoms with Crippen molar-refractivity contribution in [1.82, 2.24) is 4.98 Å². The first kappa shape index (κ1) is 9.98. The largest absolute Gasteiger partial charge is 0.488 e. The topological polar surface area (TPSA) is 48.1 Å². The molecular weight excluding hydrogens is 208 g/mol. The summed E-state index contributed by atoms with van der Waals surface area (Å²) in [7, 11) is 0. The third-order valence-electron chi connectivity index (χ3n) is 2.09. The molecular formula is C11H12N2OS. The molecule has 0 fully saturated rings. The van der Waals surface area contributed by atoms with Gasteiger partial charge in [0.25, 0.3) is 0 Å². The van der Waals surface area contributed by atoms with Gasteiger partial charge in [-0.1, -0.05) is 0 Å². The minimum Gasteiger partial charge on any atom is -0.488 e. The molecule has 0 amide bonds. The summed E-state index contributed by atoms with van der Waals surface area (Å²) in [4.78, 5) is 5.32. The lowest BCUT2D eigenvalue weighted by Crippen LogP contribution is -1.95. The van der Waals surface area contributed by atoms with Crippen molar-refractivity contribution < 1.29 is 4.74 Å². The smallest absolute Gasteiger partial charge is 0.124 e. The highest BCUT2D eigenvalue weighted by molar-refractivity contribution is 7.09. The molecule has 1 aromatic carbocycles. The Labute approximate surface area is 92.5 Å². The SMILES string of the molecule is Cc1ncsc1COc1ccc(N)cc1. The van der Waals surface area contributed by atoms with Crippen molar-refractivity contribution in [2.75, 3.05) is 5.73 Å². The van der Waals surface area contributed by atoms with Crippen LogP contribution in [0.15, 0.2) is 29.8 Å². The Morgan fingerprint density at radius 1 is 1.33 bits per heavy atom. The highest BCUT2D eigenvalue weighted by atomic mass is 32.1. The maximum Gasteiger partial charge on any atom is 0.124 e. The third-order valence-corrected chi connectivity index (χ3v) is 3.00. The van der Waals surface area contributed by atoms with Crippen LogP contribution < -0.4 is 10.5 Å². The van der Waals surface area contributed by atoms with Gasteiger partial charge in [-0.25, -0.2) is 4.98 Å². The number of nitrogen functional groups attached to an aromatic ring is 1. The van der Waals surface area contributed by atoms with Crippen LogP contribution in [0.2, 0.25) is 0 Å². The summed E-state index contributed by atoms with van der Waals surface area (Å²) in [5.74, 6) is 0.831. The first-order valence-corrected chi connectivity index (χ1v) is 5.51. The predicted molar refractivity (Wildman–Crippen MR) is 62.0 cm³/mol. The fourth-order valence-corrected chi connectivity index (χ4v) is 1.87. The zero-order valence-electron chi connectivity index (χ0n) is 8.43. The van der Waals surface area contributed by atoms with Crippen LogP contribution in [0.5, 0.6) is 5.75 Å². The molecule has 0 spiro atoms. The number of anilines is 1. The number of rotatable bonds is 3. The van der Waals surface area contributed by atoms with Gasteiger partial charge in [-0.3, -0.25) is 0 Å². The monoisotopic (exact) mass is 220 g/mol. The summed E-state index contributed by atoms with van der Waals surface area (Å²) in [6.45, 7) is 2.55. The second-order valence-electron chi connectivity index (χ2n) is 3.22. The number of ether oxygens (including phenoxy) is 1. The molecule has 0 saturated heterocycles. The van der Waals surface area contributed by atoms with E-state index in [1.807, 2.05) is 36.7 Å². The molecule has 0 bridgehead atoms. The molecule has 0 aliphatic rings.